The van der Waals surface area contributed by atoms with E-state index in [0.717, 1.165) is 65.9 Å². The van der Waals surface area contributed by atoms with Crippen LogP contribution in [0.25, 0.3) is 39.1 Å². The number of unbranched alkanes of at least 4 members (excludes halogenated alkanes) is 2. The van der Waals surface area contributed by atoms with Crippen LogP contribution in [-0.2, 0) is 33.0 Å². The molecule has 2 aliphatic heterocycles. The van der Waals surface area contributed by atoms with Crippen LogP contribution in [0.3, 0.4) is 0 Å². The lowest BCUT2D eigenvalue weighted by Crippen LogP contribution is -2.35. The van der Waals surface area contributed by atoms with Gasteiger partial charge in [0.05, 0.1) is 30.1 Å². The molecule has 0 aromatic heterocycles. The smallest absolute Gasteiger partial charge is 0.416 e. The van der Waals surface area contributed by atoms with Crippen molar-refractivity contribution in [3.63, 3.8) is 0 Å². The number of nitrogens with zero attached hydrogens (tertiary/aromatic N) is 1. The highest BCUT2D eigenvalue weighted by Crippen LogP contribution is 2.62. The highest BCUT2D eigenvalue weighted by molar-refractivity contribution is 6.10. The van der Waals surface area contributed by atoms with E-state index < -0.39 is 58.3 Å². The third-order valence-electron chi connectivity index (χ3n) is 19.3. The number of piperidine rings is 1. The second-order valence-electron chi connectivity index (χ2n) is 25.0. The number of anilines is 1. The predicted molar refractivity (Wildman–Crippen MR) is 325 cm³/mol. The van der Waals surface area contributed by atoms with Crippen LogP contribution in [0.1, 0.15) is 168 Å². The molecule has 7 nitrogen and oxygen atoms in total. The van der Waals surface area contributed by atoms with Crippen molar-refractivity contribution in [1.82, 2.24) is 0 Å². The molecule has 86 heavy (non-hydrogen) atoms. The maximum atomic E-state index is 15.3. The molecule has 0 bridgehead atoms. The van der Waals surface area contributed by atoms with Crippen LogP contribution < -0.4 is 23.8 Å². The van der Waals surface area contributed by atoms with Crippen LogP contribution in [0, 0.1) is 17.8 Å². The first-order valence-corrected chi connectivity index (χ1v) is 30.8. The molecule has 0 spiro atoms. The van der Waals surface area contributed by atoms with E-state index >= 15 is 13.2 Å². The molecule has 3 fully saturated rings. The Labute approximate surface area is 499 Å². The Bertz CT molecular complexity index is 3660. The fourth-order valence-electron chi connectivity index (χ4n) is 14.7. The molecule has 1 saturated heterocycles. The number of fused-ring (bicyclic) bond motifs is 8. The topological polar surface area (TPSA) is 74.3 Å². The van der Waals surface area contributed by atoms with Gasteiger partial charge in [0.25, 0.3) is 0 Å². The zero-order valence-electron chi connectivity index (χ0n) is 49.3. The lowest BCUT2D eigenvalue weighted by molar-refractivity contribution is -0.145. The lowest BCUT2D eigenvalue weighted by Gasteiger charge is -2.39. The molecule has 0 radical (unpaired) electrons. The fraction of sp³-hybridized carbons (Fsp3) is 0.397. The number of rotatable bonds is 14. The summed E-state index contributed by atoms with van der Waals surface area (Å²) in [5.74, 6) is 0.0318. The van der Waals surface area contributed by atoms with E-state index in [4.69, 9.17) is 18.9 Å². The number of benzene rings is 7. The van der Waals surface area contributed by atoms with E-state index in [1.54, 1.807) is 32.0 Å². The van der Waals surface area contributed by atoms with Crippen LogP contribution in [0.2, 0.25) is 0 Å². The number of carbonyl (C=O) groups is 2. The minimum absolute atomic E-state index is 0.0771. The van der Waals surface area contributed by atoms with E-state index in [1.807, 2.05) is 66.7 Å². The highest BCUT2D eigenvalue weighted by Gasteiger charge is 2.51. The van der Waals surface area contributed by atoms with Gasteiger partial charge in [0.15, 0.2) is 17.1 Å². The summed E-state index contributed by atoms with van der Waals surface area (Å²) in [5, 5.41) is 0.528. The van der Waals surface area contributed by atoms with E-state index in [1.165, 1.54) is 76.5 Å². The van der Waals surface area contributed by atoms with Gasteiger partial charge >= 0.3 is 24.3 Å². The van der Waals surface area contributed by atoms with Gasteiger partial charge < -0.3 is 23.8 Å². The average molecular weight is 1170 g/mol. The maximum absolute atomic E-state index is 15.3. The van der Waals surface area contributed by atoms with E-state index in [0.29, 0.717) is 53.9 Å². The number of hydrogen-bond donors (Lipinski definition) is 0. The zero-order chi connectivity index (χ0) is 60.1. The van der Waals surface area contributed by atoms with Crippen LogP contribution in [0.5, 0.6) is 23.0 Å². The summed E-state index contributed by atoms with van der Waals surface area (Å²) in [4.78, 5) is 30.3. The number of halogens is 6. The van der Waals surface area contributed by atoms with Crippen LogP contribution >= 0.6 is 0 Å². The van der Waals surface area contributed by atoms with Gasteiger partial charge in [0.1, 0.15) is 11.5 Å². The number of hydrogen-bond acceptors (Lipinski definition) is 7. The van der Waals surface area contributed by atoms with Gasteiger partial charge in [-0.15, -0.1) is 0 Å². The first-order chi connectivity index (χ1) is 41.3. The normalized spacial score (nSPS) is 21.7. The molecule has 0 amide bonds. The molecule has 7 aromatic rings. The number of carbonyl (C=O) groups excluding carboxylic acids is 2. The molecular weight excluding hydrogens is 1100 g/mol. The molecule has 0 N–H and O–H groups in total. The standard InChI is InChI=1S/C73H73F6NO6/c1-5-6-9-14-45-17-19-46(20-18-45)47-21-23-48(24-22-47)49-29-35-56(36-30-49)84-68(81)50-25-27-51(28-26-50)69(82)85-63-43-58-59(44-62(63)83-4)67-57(66-64(58)60-41-54(72(74,75)76)42-61(73(77,78)79)65(60)70(66,2)3)37-38-71(86-67,52-15-10-7-11-16-52)53-31-33-55(34-32-53)80-39-12-8-13-40-80/h7,10-11,15-16,21-24,29-38,41-46,50-51H,5-6,8-9,12-14,17-20,25-28,39-40H2,1-4H3. The first-order valence-electron chi connectivity index (χ1n) is 30.8. The molecule has 3 aliphatic carbocycles. The third kappa shape index (κ3) is 11.3. The minimum Gasteiger partial charge on any atom is -0.493 e. The molecule has 2 saturated carbocycles. The Hall–Kier alpha value is -7.54. The Morgan fingerprint density at radius 3 is 1.87 bits per heavy atom. The lowest BCUT2D eigenvalue weighted by atomic mass is 9.75. The van der Waals surface area contributed by atoms with Crippen molar-refractivity contribution in [2.24, 2.45) is 17.8 Å². The average Bonchev–Trinajstić information content (AvgIpc) is 1.49. The predicted octanol–water partition coefficient (Wildman–Crippen LogP) is 19.4. The number of ether oxygens (including phenoxy) is 4. The molecule has 13 heteroatoms. The fourth-order valence-corrected chi connectivity index (χ4v) is 14.7. The Morgan fingerprint density at radius 2 is 1.26 bits per heavy atom. The first kappa shape index (κ1) is 58.8. The van der Waals surface area contributed by atoms with Crippen molar-refractivity contribution in [1.29, 1.82) is 0 Å². The SMILES string of the molecule is CCCCCC1CCC(c2ccc(-c3ccc(OC(=O)C4CCC(C(=O)Oc5cc6c7c(c8c(c6cc5OC)OC(c5ccccc5)(c5ccc(N6CCCCC6)cc5)C=C8)C(C)(C)c5c-7cc(C(F)(F)F)cc5C(F)(F)F)CC4)cc3)cc2)CC1. The molecule has 1 atom stereocenters. The molecule has 12 rings (SSSR count). The molecule has 1 unspecified atom stereocenters. The van der Waals surface area contributed by atoms with Crippen molar-refractivity contribution in [3.8, 4) is 45.3 Å². The summed E-state index contributed by atoms with van der Waals surface area (Å²) in [6.45, 7) is 7.31. The van der Waals surface area contributed by atoms with Crippen molar-refractivity contribution in [2.45, 2.75) is 146 Å². The van der Waals surface area contributed by atoms with Crippen LogP contribution in [0.15, 0.2) is 133 Å². The molecule has 2 heterocycles. The Balaban J connectivity index is 0.817. The summed E-state index contributed by atoms with van der Waals surface area (Å²) in [5.41, 5.74) is 0.707. The van der Waals surface area contributed by atoms with Crippen LogP contribution in [0.4, 0.5) is 32.0 Å². The minimum atomic E-state index is -5.17. The monoisotopic (exact) mass is 1170 g/mol. The van der Waals surface area contributed by atoms with Gasteiger partial charge in [-0.05, 0) is 181 Å². The van der Waals surface area contributed by atoms with Crippen molar-refractivity contribution in [2.75, 3.05) is 25.1 Å². The summed E-state index contributed by atoms with van der Waals surface area (Å²) >= 11 is 0. The molecule has 5 aliphatic rings. The highest BCUT2D eigenvalue weighted by atomic mass is 19.4. The molecule has 448 valence electrons. The molecular formula is C73H73F6NO6. The van der Waals surface area contributed by atoms with Crippen molar-refractivity contribution >= 4 is 34.5 Å². The number of methoxy groups -OCH3 is 1. The summed E-state index contributed by atoms with van der Waals surface area (Å²) in [7, 11) is 1.39. The second kappa shape index (κ2) is 23.6. The van der Waals surface area contributed by atoms with Crippen molar-refractivity contribution in [3.05, 3.63) is 178 Å². The van der Waals surface area contributed by atoms with E-state index in [9.17, 15) is 22.8 Å². The summed E-state index contributed by atoms with van der Waals surface area (Å²) in [6, 6.07) is 38.1. The van der Waals surface area contributed by atoms with Gasteiger partial charge in [0, 0.05) is 46.3 Å². The van der Waals surface area contributed by atoms with Gasteiger partial charge in [-0.1, -0.05) is 131 Å². The van der Waals surface area contributed by atoms with Crippen LogP contribution in [-0.4, -0.2) is 32.1 Å². The van der Waals surface area contributed by atoms with Gasteiger partial charge in [-0.2, -0.15) is 26.3 Å². The Morgan fingerprint density at radius 1 is 0.640 bits per heavy atom. The largest absolute Gasteiger partial charge is 0.493 e. The quantitative estimate of drug-likeness (QED) is 0.0465. The summed E-state index contributed by atoms with van der Waals surface area (Å²) < 4.78 is 116. The third-order valence-corrected chi connectivity index (χ3v) is 19.3. The zero-order valence-corrected chi connectivity index (χ0v) is 49.3. The summed E-state index contributed by atoms with van der Waals surface area (Å²) in [6.07, 6.45) is 8.43. The van der Waals surface area contributed by atoms with Crippen molar-refractivity contribution < 1.29 is 54.9 Å². The van der Waals surface area contributed by atoms with Gasteiger partial charge in [-0.25, -0.2) is 0 Å². The van der Waals surface area contributed by atoms with E-state index in [-0.39, 0.29) is 45.4 Å². The molecule has 7 aromatic carbocycles. The Kier molecular flexibility index (Phi) is 16.2. The van der Waals surface area contributed by atoms with Gasteiger partial charge in [0.2, 0.25) is 0 Å². The number of esters is 2. The maximum Gasteiger partial charge on any atom is 0.416 e. The number of alkyl halides is 6. The van der Waals surface area contributed by atoms with E-state index in [2.05, 4.69) is 48.2 Å². The van der Waals surface area contributed by atoms with Gasteiger partial charge in [-0.3, -0.25) is 9.59 Å². The second-order valence-corrected chi connectivity index (χ2v) is 25.0.